The second-order valence-corrected chi connectivity index (χ2v) is 20.7. The van der Waals surface area contributed by atoms with Gasteiger partial charge in [0.2, 0.25) is 0 Å². The van der Waals surface area contributed by atoms with Crippen molar-refractivity contribution in [2.75, 3.05) is 0 Å². The van der Waals surface area contributed by atoms with Crippen LogP contribution in [0.25, 0.3) is 27.5 Å². The number of nitrogens with zero attached hydrogens (tertiary/aromatic N) is 2. The molecule has 6 aromatic carbocycles. The van der Waals surface area contributed by atoms with E-state index in [1.165, 1.54) is 71.4 Å². The van der Waals surface area contributed by atoms with Gasteiger partial charge in [-0.3, -0.25) is 0 Å². The number of benzene rings is 6. The Labute approximate surface area is 285 Å². The average molecular weight is 727 g/mol. The van der Waals surface area contributed by atoms with Gasteiger partial charge in [-0.1, -0.05) is 0 Å². The van der Waals surface area contributed by atoms with E-state index in [9.17, 15) is 2.86 Å². The summed E-state index contributed by atoms with van der Waals surface area (Å²) in [7, 11) is 2.47. The minimum atomic E-state index is -2.50. The zero-order chi connectivity index (χ0) is 30.7. The molecule has 2 nitrogen and oxygen atoms in total. The van der Waals surface area contributed by atoms with E-state index in [1.807, 2.05) is 0 Å². The first-order chi connectivity index (χ1) is 23.3. The molecule has 4 fully saturated rings. The van der Waals surface area contributed by atoms with Gasteiger partial charge in [0.05, 0.1) is 0 Å². The number of para-hydroxylation sites is 1. The standard InChI is InChI=1S/C37H23B5FIN2P/c43-44-45-47(40-38-41(47)42(40)47)33-23-11-21-31-34(33)26-16-9-20-30-36(26)46(31)32-22-10-18-28-35(32)39(30)29-19-8-7-17-27(29)37(28,24-12-3-1-4-13-24)25-14-5-2-6-15-25/h1-23H/q-1. The molecule has 0 atom stereocenters. The second-order valence-electron chi connectivity index (χ2n) is 14.1. The van der Waals surface area contributed by atoms with Crippen LogP contribution in [0.3, 0.4) is 0 Å². The van der Waals surface area contributed by atoms with Gasteiger partial charge in [0.25, 0.3) is 0 Å². The first kappa shape index (κ1) is 26.3. The molecule has 6 aliphatic heterocycles. The van der Waals surface area contributed by atoms with E-state index in [4.69, 9.17) is 2.92 Å². The molecule has 4 saturated heterocycles. The fourth-order valence-corrected chi connectivity index (χ4v) is 22.6. The molecule has 10 heteroatoms. The van der Waals surface area contributed by atoms with Gasteiger partial charge >= 0.3 is 287 Å². The Hall–Kier alpha value is -3.67. The Morgan fingerprint density at radius 1 is 0.681 bits per heavy atom. The van der Waals surface area contributed by atoms with Crippen molar-refractivity contribution in [2.45, 2.75) is 5.41 Å². The van der Waals surface area contributed by atoms with Gasteiger partial charge in [-0.05, 0) is 0 Å². The van der Waals surface area contributed by atoms with E-state index >= 15 is 0 Å². The van der Waals surface area contributed by atoms with Gasteiger partial charge in [-0.15, -0.1) is 0 Å². The topological polar surface area (TPSA) is 17.3 Å². The summed E-state index contributed by atoms with van der Waals surface area (Å²) in [5, 5.41) is 4.02. The van der Waals surface area contributed by atoms with Crippen molar-refractivity contribution in [2.24, 2.45) is 2.92 Å². The molecule has 1 aromatic heterocycles. The monoisotopic (exact) mass is 727 g/mol. The van der Waals surface area contributed by atoms with Gasteiger partial charge in [-0.2, -0.15) is 0 Å². The Morgan fingerprint density at radius 2 is 1.32 bits per heavy atom. The van der Waals surface area contributed by atoms with Gasteiger partial charge in [0, 0.05) is 0 Å². The van der Waals surface area contributed by atoms with Crippen molar-refractivity contribution >= 4 is 104 Å². The predicted octanol–water partition coefficient (Wildman–Crippen LogP) is 6.31. The van der Waals surface area contributed by atoms with Crippen LogP contribution < -0.4 is 21.7 Å². The first-order valence-corrected chi connectivity index (χ1v) is 20.7. The van der Waals surface area contributed by atoms with Crippen LogP contribution in [-0.4, -0.2) is 37.0 Å². The molecular weight excluding hydrogens is 703 g/mol. The van der Waals surface area contributed by atoms with Gasteiger partial charge in [-0.25, -0.2) is 0 Å². The summed E-state index contributed by atoms with van der Waals surface area (Å²) in [6.45, 7) is 0.100. The molecule has 6 aliphatic rings. The van der Waals surface area contributed by atoms with Crippen molar-refractivity contribution in [3.05, 3.63) is 162 Å². The van der Waals surface area contributed by atoms with Gasteiger partial charge in [0.15, 0.2) is 0 Å². The third-order valence-electron chi connectivity index (χ3n) is 12.8. The van der Waals surface area contributed by atoms with E-state index in [0.717, 1.165) is 0 Å². The molecule has 0 N–H and O–H groups in total. The summed E-state index contributed by atoms with van der Waals surface area (Å²) in [6, 6.07) is 52.2. The number of hydrogen-bond donors (Lipinski definition) is 0. The summed E-state index contributed by atoms with van der Waals surface area (Å²) < 4.78 is 21.9. The zero-order valence-corrected chi connectivity index (χ0v) is 28.3. The average Bonchev–Trinajstić information content (AvgIpc) is 3.71. The first-order valence-electron chi connectivity index (χ1n) is 16.5. The van der Waals surface area contributed by atoms with E-state index in [-0.39, 0.29) is 6.71 Å². The summed E-state index contributed by atoms with van der Waals surface area (Å²) in [5.74, 6) is 0. The molecule has 2 bridgehead atoms. The molecule has 0 saturated carbocycles. The van der Waals surface area contributed by atoms with Crippen molar-refractivity contribution in [1.82, 2.24) is 4.57 Å². The maximum absolute atomic E-state index is 14.3. The third-order valence-corrected chi connectivity index (χ3v) is 22.7. The zero-order valence-electron chi connectivity index (χ0n) is 25.3. The second kappa shape index (κ2) is 8.48. The van der Waals surface area contributed by atoms with Crippen LogP contribution in [-0.2, 0) is 5.41 Å². The molecule has 0 unspecified atom stereocenters. The molecule has 13 rings (SSSR count). The molecule has 7 aromatic rings. The van der Waals surface area contributed by atoms with Crippen LogP contribution in [0.2, 0.25) is 0 Å². The Bertz CT molecular complexity index is 2530. The summed E-state index contributed by atoms with van der Waals surface area (Å²) in [5.41, 5.74) is 12.7. The van der Waals surface area contributed by atoms with E-state index in [0.29, 0.717) is 18.6 Å². The molecule has 0 amide bonds. The maximum atomic E-state index is 14.3. The molecule has 7 heterocycles. The molecule has 47 heavy (non-hydrogen) atoms. The number of fused-ring (bicyclic) bond motifs is 7. The normalized spacial score (nSPS) is 20.1. The molecular formula is C37H23B5FIN2P-. The van der Waals surface area contributed by atoms with Crippen LogP contribution in [0.1, 0.15) is 22.3 Å². The number of aromatic nitrogens is 1. The van der Waals surface area contributed by atoms with Gasteiger partial charge < -0.3 is 0 Å². The Balaban J connectivity index is 1.26. The third kappa shape index (κ3) is 2.61. The SMILES string of the molecule is FI=NP12(c3cccc4c3c3cccc5c3n4-c3cccc4c3B5c3ccccc3C4(c3ccccc3)c3ccccc3)B3[B-]B1B32. The number of rotatable bonds is 4. The quantitative estimate of drug-likeness (QED) is 0.115. The van der Waals surface area contributed by atoms with E-state index < -0.39 is 33.4 Å². The number of halogens is 2. The molecule has 0 spiro atoms. The molecule has 0 aliphatic carbocycles. The summed E-state index contributed by atoms with van der Waals surface area (Å²) in [6.07, 6.45) is -0.794. The van der Waals surface area contributed by atoms with Crippen LogP contribution in [0.15, 0.2) is 142 Å². The number of hydrogen-bond acceptors (Lipinski definition) is 1. The van der Waals surface area contributed by atoms with Crippen molar-refractivity contribution in [3.8, 4) is 5.69 Å². The van der Waals surface area contributed by atoms with Crippen LogP contribution >= 0.6 is 28.0 Å². The van der Waals surface area contributed by atoms with E-state index in [1.54, 1.807) is 0 Å². The van der Waals surface area contributed by atoms with Crippen LogP contribution in [0, 0.1) is 0 Å². The minimum absolute atomic E-state index is 0.100. The summed E-state index contributed by atoms with van der Waals surface area (Å²) >= 11 is -1.62. The van der Waals surface area contributed by atoms with Crippen LogP contribution in [0.5, 0.6) is 0 Å². The van der Waals surface area contributed by atoms with Crippen molar-refractivity contribution in [3.63, 3.8) is 0 Å². The predicted molar refractivity (Wildman–Crippen MR) is 211 cm³/mol. The fraction of sp³-hybridized carbons (Fsp3) is 0.0270. The van der Waals surface area contributed by atoms with Crippen molar-refractivity contribution < 1.29 is 2.86 Å². The summed E-state index contributed by atoms with van der Waals surface area (Å²) in [4.78, 5) is 0. The Kier molecular flexibility index (Phi) is 4.75. The Morgan fingerprint density at radius 3 is 2.02 bits per heavy atom. The molecule has 2 radical (unpaired) electrons. The van der Waals surface area contributed by atoms with Crippen LogP contribution in [0.4, 0.5) is 2.86 Å². The fourth-order valence-electron chi connectivity index (χ4n) is 10.9. The van der Waals surface area contributed by atoms with Crippen molar-refractivity contribution in [1.29, 1.82) is 0 Å². The molecule has 216 valence electrons. The van der Waals surface area contributed by atoms with Gasteiger partial charge in [0.1, 0.15) is 0 Å². The van der Waals surface area contributed by atoms with E-state index in [2.05, 4.69) is 151 Å².